The van der Waals surface area contributed by atoms with Crippen molar-refractivity contribution >= 4 is 17.7 Å². The summed E-state index contributed by atoms with van der Waals surface area (Å²) in [5, 5.41) is 10.5. The van der Waals surface area contributed by atoms with Gasteiger partial charge in [0.1, 0.15) is 12.0 Å². The minimum absolute atomic E-state index is 0.203. The van der Waals surface area contributed by atoms with E-state index in [1.165, 1.54) is 6.21 Å². The van der Waals surface area contributed by atoms with E-state index in [1.54, 1.807) is 14.0 Å². The predicted octanol–water partition coefficient (Wildman–Crippen LogP) is 3.07. The first-order valence-corrected chi connectivity index (χ1v) is 7.85. The zero-order valence-electron chi connectivity index (χ0n) is 13.9. The predicted molar refractivity (Wildman–Crippen MR) is 90.8 cm³/mol. The second-order valence-electron chi connectivity index (χ2n) is 5.71. The number of nitrogens with one attached hydrogen (secondary N) is 2. The van der Waals surface area contributed by atoms with Gasteiger partial charge in [-0.05, 0) is 61.9 Å². The van der Waals surface area contributed by atoms with Crippen LogP contribution in [0.25, 0.3) is 5.57 Å². The molecule has 0 aromatic heterocycles. The fourth-order valence-corrected chi connectivity index (χ4v) is 2.70. The molecule has 1 saturated heterocycles. The second kappa shape index (κ2) is 7.92. The van der Waals surface area contributed by atoms with Gasteiger partial charge >= 0.3 is 0 Å². The largest absolute Gasteiger partial charge is 0.497 e. The fourth-order valence-electron chi connectivity index (χ4n) is 2.70. The lowest BCUT2D eigenvalue weighted by Crippen LogP contribution is -2.39. The number of allylic oxidation sites excluding steroid dienone is 1. The SMILES string of the molecule is COc1ccc(/C(C(=O)NC2CCCCO2)=C(\C)C=N)c(C)c1. The molecular weight excluding hydrogens is 292 g/mol. The molecule has 23 heavy (non-hydrogen) atoms. The lowest BCUT2D eigenvalue weighted by Gasteiger charge is -2.24. The van der Waals surface area contributed by atoms with E-state index in [0.29, 0.717) is 17.8 Å². The highest BCUT2D eigenvalue weighted by molar-refractivity contribution is 6.24. The van der Waals surface area contributed by atoms with Crippen molar-refractivity contribution in [1.82, 2.24) is 5.32 Å². The number of carbonyl (C=O) groups is 1. The topological polar surface area (TPSA) is 71.4 Å². The third-order valence-corrected chi connectivity index (χ3v) is 4.01. The number of methoxy groups -OCH3 is 1. The first kappa shape index (κ1) is 17.2. The van der Waals surface area contributed by atoms with Crippen LogP contribution in [0.15, 0.2) is 23.8 Å². The molecule has 0 bridgehead atoms. The quantitative estimate of drug-likeness (QED) is 0.648. The van der Waals surface area contributed by atoms with Crippen molar-refractivity contribution in [2.24, 2.45) is 0 Å². The normalized spacial score (nSPS) is 18.8. The molecular formula is C18H24N2O3. The van der Waals surface area contributed by atoms with Crippen LogP contribution in [0.5, 0.6) is 5.75 Å². The molecule has 0 spiro atoms. The summed E-state index contributed by atoms with van der Waals surface area (Å²) in [6, 6.07) is 5.57. The highest BCUT2D eigenvalue weighted by Crippen LogP contribution is 2.26. The van der Waals surface area contributed by atoms with Gasteiger partial charge in [-0.1, -0.05) is 6.07 Å². The van der Waals surface area contributed by atoms with Crippen LogP contribution < -0.4 is 10.1 Å². The second-order valence-corrected chi connectivity index (χ2v) is 5.71. The van der Waals surface area contributed by atoms with E-state index in [4.69, 9.17) is 14.9 Å². The number of rotatable bonds is 5. The molecule has 1 aromatic rings. The molecule has 1 heterocycles. The smallest absolute Gasteiger partial charge is 0.254 e. The molecule has 0 radical (unpaired) electrons. The minimum Gasteiger partial charge on any atom is -0.497 e. The van der Waals surface area contributed by atoms with Gasteiger partial charge in [-0.2, -0.15) is 0 Å². The maximum absolute atomic E-state index is 12.7. The number of amides is 1. The molecule has 0 saturated carbocycles. The monoisotopic (exact) mass is 316 g/mol. The summed E-state index contributed by atoms with van der Waals surface area (Å²) in [6.45, 7) is 4.38. The first-order valence-electron chi connectivity index (χ1n) is 7.85. The molecule has 1 atom stereocenters. The van der Waals surface area contributed by atoms with Gasteiger partial charge in [-0.3, -0.25) is 4.79 Å². The fraction of sp³-hybridized carbons (Fsp3) is 0.444. The van der Waals surface area contributed by atoms with Gasteiger partial charge in [0, 0.05) is 12.8 Å². The molecule has 1 unspecified atom stereocenters. The average Bonchev–Trinajstić information content (AvgIpc) is 2.57. The maximum atomic E-state index is 12.7. The van der Waals surface area contributed by atoms with Crippen LogP contribution in [0, 0.1) is 12.3 Å². The Morgan fingerprint density at radius 1 is 1.43 bits per heavy atom. The molecule has 5 heteroatoms. The summed E-state index contributed by atoms with van der Waals surface area (Å²) in [6.07, 6.45) is 3.87. The summed E-state index contributed by atoms with van der Waals surface area (Å²) in [5.41, 5.74) is 2.86. The lowest BCUT2D eigenvalue weighted by atomic mass is 9.95. The van der Waals surface area contributed by atoms with Crippen molar-refractivity contribution in [2.45, 2.75) is 39.3 Å². The molecule has 1 aliphatic rings. The Morgan fingerprint density at radius 3 is 2.78 bits per heavy atom. The number of aryl methyl sites for hydroxylation is 1. The molecule has 5 nitrogen and oxygen atoms in total. The van der Waals surface area contributed by atoms with Crippen molar-refractivity contribution in [3.63, 3.8) is 0 Å². The molecule has 124 valence electrons. The van der Waals surface area contributed by atoms with Crippen LogP contribution in [-0.4, -0.2) is 32.1 Å². The van der Waals surface area contributed by atoms with Gasteiger partial charge in [0.15, 0.2) is 0 Å². The summed E-state index contributed by atoms with van der Waals surface area (Å²) in [5.74, 6) is 0.542. The van der Waals surface area contributed by atoms with Crippen LogP contribution in [0.2, 0.25) is 0 Å². The van der Waals surface area contributed by atoms with Crippen molar-refractivity contribution in [3.8, 4) is 5.75 Å². The Morgan fingerprint density at radius 2 is 2.22 bits per heavy atom. The Balaban J connectivity index is 2.30. The van der Waals surface area contributed by atoms with Crippen molar-refractivity contribution < 1.29 is 14.3 Å². The van der Waals surface area contributed by atoms with Gasteiger partial charge < -0.3 is 20.2 Å². The zero-order valence-corrected chi connectivity index (χ0v) is 13.9. The standard InChI is InChI=1S/C18H24N2O3/c1-12-10-14(22-3)7-8-15(12)17(13(2)11-19)18(21)20-16-6-4-5-9-23-16/h7-8,10-11,16,19H,4-6,9H2,1-3H3,(H,20,21)/b17-13-,19-11?. The lowest BCUT2D eigenvalue weighted by molar-refractivity contribution is -0.121. The first-order chi connectivity index (χ1) is 11.1. The van der Waals surface area contributed by atoms with Gasteiger partial charge in [-0.15, -0.1) is 0 Å². The van der Waals surface area contributed by atoms with Gasteiger partial charge in [0.05, 0.1) is 12.7 Å². The molecule has 2 rings (SSSR count). The van der Waals surface area contributed by atoms with E-state index < -0.39 is 0 Å². The van der Waals surface area contributed by atoms with Gasteiger partial charge in [0.25, 0.3) is 5.91 Å². The minimum atomic E-state index is -0.247. The number of hydrogen-bond donors (Lipinski definition) is 2. The van der Waals surface area contributed by atoms with Crippen LogP contribution in [0.1, 0.15) is 37.3 Å². The number of benzene rings is 1. The van der Waals surface area contributed by atoms with Gasteiger partial charge in [-0.25, -0.2) is 0 Å². The summed E-state index contributed by atoms with van der Waals surface area (Å²) in [7, 11) is 1.61. The van der Waals surface area contributed by atoms with Crippen molar-refractivity contribution in [1.29, 1.82) is 5.41 Å². The van der Waals surface area contributed by atoms with E-state index in [1.807, 2.05) is 25.1 Å². The van der Waals surface area contributed by atoms with E-state index >= 15 is 0 Å². The van der Waals surface area contributed by atoms with Gasteiger partial charge in [0.2, 0.25) is 0 Å². The van der Waals surface area contributed by atoms with Crippen LogP contribution in [0.3, 0.4) is 0 Å². The zero-order chi connectivity index (χ0) is 16.8. The third kappa shape index (κ3) is 4.20. The molecule has 1 fully saturated rings. The molecule has 1 aliphatic heterocycles. The summed E-state index contributed by atoms with van der Waals surface area (Å²) >= 11 is 0. The maximum Gasteiger partial charge on any atom is 0.254 e. The van der Waals surface area contributed by atoms with E-state index in [9.17, 15) is 4.79 Å². The van der Waals surface area contributed by atoms with Crippen LogP contribution in [0.4, 0.5) is 0 Å². The van der Waals surface area contributed by atoms with Crippen LogP contribution >= 0.6 is 0 Å². The van der Waals surface area contributed by atoms with Crippen LogP contribution in [-0.2, 0) is 9.53 Å². The highest BCUT2D eigenvalue weighted by Gasteiger charge is 2.22. The molecule has 1 aromatic carbocycles. The number of carbonyl (C=O) groups excluding carboxylic acids is 1. The van der Waals surface area contributed by atoms with E-state index in [2.05, 4.69) is 5.32 Å². The Labute approximate surface area is 137 Å². The van der Waals surface area contributed by atoms with E-state index in [-0.39, 0.29) is 12.1 Å². The average molecular weight is 316 g/mol. The number of ether oxygens (including phenoxy) is 2. The molecule has 0 aliphatic carbocycles. The third-order valence-electron chi connectivity index (χ3n) is 4.01. The highest BCUT2D eigenvalue weighted by atomic mass is 16.5. The Hall–Kier alpha value is -2.14. The Kier molecular flexibility index (Phi) is 5.93. The summed E-state index contributed by atoms with van der Waals surface area (Å²) < 4.78 is 10.8. The Bertz CT molecular complexity index is 617. The molecule has 2 N–H and O–H groups in total. The van der Waals surface area contributed by atoms with Crippen molar-refractivity contribution in [2.75, 3.05) is 13.7 Å². The van der Waals surface area contributed by atoms with E-state index in [0.717, 1.165) is 36.1 Å². The molecule has 1 amide bonds. The van der Waals surface area contributed by atoms with Crippen molar-refractivity contribution in [3.05, 3.63) is 34.9 Å². The summed E-state index contributed by atoms with van der Waals surface area (Å²) in [4.78, 5) is 12.7. The number of hydrogen-bond acceptors (Lipinski definition) is 4.